The number of rotatable bonds is 6. The van der Waals surface area contributed by atoms with Gasteiger partial charge in [-0.1, -0.05) is 12.1 Å². The van der Waals surface area contributed by atoms with Crippen molar-refractivity contribution in [2.45, 2.75) is 38.6 Å². The molecule has 1 aromatic rings. The van der Waals surface area contributed by atoms with Crippen LogP contribution in [0.5, 0.6) is 5.75 Å². The van der Waals surface area contributed by atoms with E-state index >= 15 is 0 Å². The minimum atomic E-state index is -0.0511. The Morgan fingerprint density at radius 3 is 2.24 bits per heavy atom. The lowest BCUT2D eigenvalue weighted by atomic mass is 10.2. The summed E-state index contributed by atoms with van der Waals surface area (Å²) >= 11 is 0. The Labute approximate surface area is 125 Å². The lowest BCUT2D eigenvalue weighted by Crippen LogP contribution is -2.36. The van der Waals surface area contributed by atoms with Crippen LogP contribution in [0, 0.1) is 0 Å². The fourth-order valence-electron chi connectivity index (χ4n) is 2.35. The van der Waals surface area contributed by atoms with Gasteiger partial charge in [-0.3, -0.25) is 14.5 Å². The van der Waals surface area contributed by atoms with Gasteiger partial charge in [-0.05, 0) is 37.0 Å². The first-order valence-electron chi connectivity index (χ1n) is 7.45. The molecule has 21 heavy (non-hydrogen) atoms. The molecule has 0 bridgehead atoms. The Bertz CT molecular complexity index is 467. The highest BCUT2D eigenvalue weighted by Crippen LogP contribution is 2.14. The summed E-state index contributed by atoms with van der Waals surface area (Å²) in [4.78, 5) is 25.0. The van der Waals surface area contributed by atoms with Gasteiger partial charge in [-0.2, -0.15) is 0 Å². The molecule has 0 radical (unpaired) electrons. The van der Waals surface area contributed by atoms with Gasteiger partial charge >= 0.3 is 0 Å². The monoisotopic (exact) mass is 290 g/mol. The third-order valence-corrected chi connectivity index (χ3v) is 3.59. The van der Waals surface area contributed by atoms with Gasteiger partial charge in [-0.15, -0.1) is 0 Å². The van der Waals surface area contributed by atoms with Gasteiger partial charge < -0.3 is 10.5 Å². The first-order valence-corrected chi connectivity index (χ1v) is 7.45. The molecule has 0 saturated carbocycles. The van der Waals surface area contributed by atoms with Crippen molar-refractivity contribution in [1.82, 2.24) is 4.90 Å². The van der Waals surface area contributed by atoms with Crippen molar-refractivity contribution in [2.75, 3.05) is 13.2 Å². The summed E-state index contributed by atoms with van der Waals surface area (Å²) in [5.74, 6) is 0.676. The van der Waals surface area contributed by atoms with Crippen LogP contribution >= 0.6 is 0 Å². The fourth-order valence-corrected chi connectivity index (χ4v) is 2.35. The number of imide groups is 1. The molecular formula is C16H22N2O3. The molecule has 1 heterocycles. The summed E-state index contributed by atoms with van der Waals surface area (Å²) in [6, 6.07) is 7.61. The van der Waals surface area contributed by atoms with Gasteiger partial charge in [0.2, 0.25) is 11.8 Å². The van der Waals surface area contributed by atoms with Gasteiger partial charge in [0.25, 0.3) is 0 Å². The zero-order chi connectivity index (χ0) is 15.1. The lowest BCUT2D eigenvalue weighted by molar-refractivity contribution is -0.143. The van der Waals surface area contributed by atoms with E-state index in [1.165, 1.54) is 4.90 Å². The molecular weight excluding hydrogens is 268 g/mol. The van der Waals surface area contributed by atoms with Crippen LogP contribution in [0.1, 0.15) is 37.7 Å². The number of likely N-dealkylation sites (tertiary alicyclic amines) is 1. The highest BCUT2D eigenvalue weighted by molar-refractivity contribution is 5.95. The van der Waals surface area contributed by atoms with Crippen molar-refractivity contribution in [3.63, 3.8) is 0 Å². The second kappa shape index (κ2) is 7.78. The first-order chi connectivity index (χ1) is 10.2. The number of nitrogens with two attached hydrogens (primary N) is 1. The molecule has 2 amide bonds. The van der Waals surface area contributed by atoms with Gasteiger partial charge in [0.15, 0.2) is 0 Å². The quantitative estimate of drug-likeness (QED) is 0.641. The fraction of sp³-hybridized carbons (Fsp3) is 0.500. The van der Waals surface area contributed by atoms with Crippen molar-refractivity contribution in [3.8, 4) is 5.75 Å². The van der Waals surface area contributed by atoms with Crippen LogP contribution in [0.3, 0.4) is 0 Å². The van der Waals surface area contributed by atoms with Gasteiger partial charge in [0.05, 0.1) is 6.61 Å². The van der Waals surface area contributed by atoms with Crippen LogP contribution < -0.4 is 10.5 Å². The molecule has 2 N–H and O–H groups in total. The van der Waals surface area contributed by atoms with Crippen molar-refractivity contribution in [3.05, 3.63) is 29.8 Å². The van der Waals surface area contributed by atoms with Crippen molar-refractivity contribution in [1.29, 1.82) is 0 Å². The predicted octanol–water partition coefficient (Wildman–Crippen LogP) is 1.84. The highest BCUT2D eigenvalue weighted by atomic mass is 16.5. The standard InChI is InChI=1S/C16H22N2O3/c17-12-13-6-8-14(9-7-13)21-11-3-10-18-15(19)4-1-2-5-16(18)20/h6-9H,1-5,10-12,17H2. The first kappa shape index (κ1) is 15.5. The number of hydrogen-bond donors (Lipinski definition) is 1. The second-order valence-electron chi connectivity index (χ2n) is 5.20. The summed E-state index contributed by atoms with van der Waals surface area (Å²) in [5.41, 5.74) is 6.59. The van der Waals surface area contributed by atoms with Gasteiger partial charge in [0, 0.05) is 25.9 Å². The molecule has 114 valence electrons. The Balaban J connectivity index is 1.75. The van der Waals surface area contributed by atoms with Gasteiger partial charge in [0.1, 0.15) is 5.75 Å². The maximum Gasteiger partial charge on any atom is 0.229 e. The van der Waals surface area contributed by atoms with E-state index < -0.39 is 0 Å². The third-order valence-electron chi connectivity index (χ3n) is 3.59. The molecule has 2 rings (SSSR count). The average molecular weight is 290 g/mol. The minimum absolute atomic E-state index is 0.0511. The molecule has 1 fully saturated rings. The Hall–Kier alpha value is -1.88. The van der Waals surface area contributed by atoms with E-state index in [0.29, 0.717) is 39.0 Å². The Morgan fingerprint density at radius 2 is 1.67 bits per heavy atom. The number of nitrogens with zero attached hydrogens (tertiary/aromatic N) is 1. The maximum atomic E-state index is 11.8. The van der Waals surface area contributed by atoms with Crippen molar-refractivity contribution in [2.24, 2.45) is 5.73 Å². The normalized spacial score (nSPS) is 16.0. The molecule has 5 heteroatoms. The number of benzene rings is 1. The molecule has 0 aliphatic carbocycles. The van der Waals surface area contributed by atoms with Crippen molar-refractivity contribution >= 4 is 11.8 Å². The van der Waals surface area contributed by atoms with Crippen LogP contribution in [0.4, 0.5) is 0 Å². The van der Waals surface area contributed by atoms with E-state index in [2.05, 4.69) is 0 Å². The van der Waals surface area contributed by atoms with Crippen molar-refractivity contribution < 1.29 is 14.3 Å². The Kier molecular flexibility index (Phi) is 5.75. The van der Waals surface area contributed by atoms with Crippen LogP contribution in [0.2, 0.25) is 0 Å². The van der Waals surface area contributed by atoms with Crippen LogP contribution in [-0.4, -0.2) is 29.9 Å². The topological polar surface area (TPSA) is 72.6 Å². The Morgan fingerprint density at radius 1 is 1.05 bits per heavy atom. The molecule has 1 saturated heterocycles. The number of carbonyl (C=O) groups excluding carboxylic acids is 2. The molecule has 1 aliphatic rings. The van der Waals surface area contributed by atoms with Crippen LogP contribution in [0.25, 0.3) is 0 Å². The SMILES string of the molecule is NCc1ccc(OCCCN2C(=O)CCCCC2=O)cc1. The number of ether oxygens (including phenoxy) is 1. The highest BCUT2D eigenvalue weighted by Gasteiger charge is 2.23. The third kappa shape index (κ3) is 4.56. The van der Waals surface area contributed by atoms with E-state index in [1.54, 1.807) is 0 Å². The van der Waals surface area contributed by atoms with E-state index in [9.17, 15) is 9.59 Å². The minimum Gasteiger partial charge on any atom is -0.494 e. The molecule has 5 nitrogen and oxygen atoms in total. The number of hydrogen-bond acceptors (Lipinski definition) is 4. The van der Waals surface area contributed by atoms with E-state index in [0.717, 1.165) is 24.2 Å². The molecule has 1 aliphatic heterocycles. The summed E-state index contributed by atoms with van der Waals surface area (Å²) in [6.07, 6.45) is 3.23. The smallest absolute Gasteiger partial charge is 0.229 e. The molecule has 0 unspecified atom stereocenters. The van der Waals surface area contributed by atoms with E-state index in [4.69, 9.17) is 10.5 Å². The maximum absolute atomic E-state index is 11.8. The molecule has 0 atom stereocenters. The summed E-state index contributed by atoms with van der Waals surface area (Å²) in [5, 5.41) is 0. The zero-order valence-corrected chi connectivity index (χ0v) is 12.2. The molecule has 0 spiro atoms. The predicted molar refractivity (Wildman–Crippen MR) is 79.6 cm³/mol. The average Bonchev–Trinajstić information content (AvgIpc) is 2.66. The van der Waals surface area contributed by atoms with E-state index in [1.807, 2.05) is 24.3 Å². The van der Waals surface area contributed by atoms with Crippen LogP contribution in [0.15, 0.2) is 24.3 Å². The van der Waals surface area contributed by atoms with Crippen LogP contribution in [-0.2, 0) is 16.1 Å². The van der Waals surface area contributed by atoms with E-state index in [-0.39, 0.29) is 11.8 Å². The summed E-state index contributed by atoms with van der Waals surface area (Å²) < 4.78 is 5.61. The number of carbonyl (C=O) groups is 2. The summed E-state index contributed by atoms with van der Waals surface area (Å²) in [7, 11) is 0. The number of amides is 2. The molecule has 1 aromatic carbocycles. The second-order valence-corrected chi connectivity index (χ2v) is 5.20. The molecule has 0 aromatic heterocycles. The zero-order valence-electron chi connectivity index (χ0n) is 12.2. The largest absolute Gasteiger partial charge is 0.494 e. The van der Waals surface area contributed by atoms with Gasteiger partial charge in [-0.25, -0.2) is 0 Å². The summed E-state index contributed by atoms with van der Waals surface area (Å²) in [6.45, 7) is 1.44. The lowest BCUT2D eigenvalue weighted by Gasteiger charge is -2.18.